The van der Waals surface area contributed by atoms with E-state index < -0.39 is 6.04 Å². The first-order valence-electron chi connectivity index (χ1n) is 17.0. The van der Waals surface area contributed by atoms with E-state index in [2.05, 4.69) is 58.4 Å². The smallest absolute Gasteiger partial charge is 0.254 e. The van der Waals surface area contributed by atoms with Crippen molar-refractivity contribution in [1.82, 2.24) is 4.90 Å². The van der Waals surface area contributed by atoms with Crippen LogP contribution in [0.25, 0.3) is 17.3 Å². The summed E-state index contributed by atoms with van der Waals surface area (Å²) in [6, 6.07) is 32.6. The Bertz CT molecular complexity index is 2180. The predicted octanol–water partition coefficient (Wildman–Crippen LogP) is 6.70. The molecule has 0 radical (unpaired) electrons. The molecule has 0 saturated carbocycles. The van der Waals surface area contributed by atoms with Crippen molar-refractivity contribution in [1.29, 1.82) is 0 Å². The van der Waals surface area contributed by atoms with Gasteiger partial charge < -0.3 is 26.1 Å². The summed E-state index contributed by atoms with van der Waals surface area (Å²) in [6.45, 7) is 0.336. The minimum atomic E-state index is -0.654. The van der Waals surface area contributed by atoms with Crippen LogP contribution < -0.4 is 20.7 Å². The van der Waals surface area contributed by atoms with Crippen LogP contribution in [0.2, 0.25) is 0 Å². The molecule has 49 heavy (non-hydrogen) atoms. The van der Waals surface area contributed by atoms with Crippen molar-refractivity contribution < 1.29 is 14.3 Å². The molecule has 0 bridgehead atoms. The van der Waals surface area contributed by atoms with Gasteiger partial charge in [-0.15, -0.1) is 0 Å². The first-order chi connectivity index (χ1) is 24.0. The van der Waals surface area contributed by atoms with Crippen molar-refractivity contribution >= 4 is 35.0 Å². The largest absolute Gasteiger partial charge is 0.618 e. The third kappa shape index (κ3) is 4.94. The molecule has 9 rings (SSSR count). The van der Waals surface area contributed by atoms with Crippen LogP contribution in [-0.2, 0) is 17.6 Å². The summed E-state index contributed by atoms with van der Waals surface area (Å²) >= 11 is 0. The van der Waals surface area contributed by atoms with E-state index in [4.69, 9.17) is 0 Å². The molecule has 0 spiro atoms. The highest BCUT2D eigenvalue weighted by Gasteiger charge is 2.45. The number of carbonyl (C=O) groups is 2. The Balaban J connectivity index is 1.23. The van der Waals surface area contributed by atoms with Crippen LogP contribution in [0.3, 0.4) is 0 Å². The van der Waals surface area contributed by atoms with Crippen molar-refractivity contribution in [3.63, 3.8) is 0 Å². The van der Waals surface area contributed by atoms with Crippen molar-refractivity contribution in [3.8, 4) is 11.3 Å². The summed E-state index contributed by atoms with van der Waals surface area (Å²) in [7, 11) is 0. The number of hydrogen-bond acceptors (Lipinski definition) is 5. The van der Waals surface area contributed by atoms with Gasteiger partial charge >= 0.3 is 0 Å². The van der Waals surface area contributed by atoms with Gasteiger partial charge in [-0.1, -0.05) is 66.7 Å². The van der Waals surface area contributed by atoms with Gasteiger partial charge in [-0.05, 0) is 77.1 Å². The Morgan fingerprint density at radius 2 is 1.47 bits per heavy atom. The van der Waals surface area contributed by atoms with E-state index in [0.717, 1.165) is 62.5 Å². The molecule has 2 amide bonds. The third-order valence-corrected chi connectivity index (χ3v) is 10.6. The van der Waals surface area contributed by atoms with Crippen LogP contribution >= 0.6 is 0 Å². The Morgan fingerprint density at radius 1 is 0.735 bits per heavy atom. The fourth-order valence-electron chi connectivity index (χ4n) is 8.25. The Hall–Kier alpha value is -5.89. The first-order valence-corrected chi connectivity index (χ1v) is 17.0. The van der Waals surface area contributed by atoms with E-state index >= 15 is 0 Å². The lowest BCUT2D eigenvalue weighted by Gasteiger charge is -2.44. The number of rotatable bonds is 4. The summed E-state index contributed by atoms with van der Waals surface area (Å²) in [4.78, 5) is 30.2. The molecule has 0 saturated heterocycles. The van der Waals surface area contributed by atoms with Crippen LogP contribution in [0.4, 0.5) is 17.1 Å². The molecule has 3 N–H and O–H groups in total. The molecular weight excluding hydrogens is 610 g/mol. The van der Waals surface area contributed by atoms with Gasteiger partial charge in [-0.2, -0.15) is 4.73 Å². The van der Waals surface area contributed by atoms with Crippen LogP contribution in [0.5, 0.6) is 0 Å². The van der Waals surface area contributed by atoms with Crippen molar-refractivity contribution in [2.75, 3.05) is 22.5 Å². The number of amides is 2. The van der Waals surface area contributed by atoms with E-state index in [-0.39, 0.29) is 29.8 Å². The zero-order chi connectivity index (χ0) is 33.1. The van der Waals surface area contributed by atoms with E-state index in [0.29, 0.717) is 24.2 Å². The lowest BCUT2D eigenvalue weighted by molar-refractivity contribution is -0.593. The fourth-order valence-corrected chi connectivity index (χ4v) is 8.25. The summed E-state index contributed by atoms with van der Waals surface area (Å²) < 4.78 is 0.909. The molecule has 8 nitrogen and oxygen atoms in total. The molecule has 4 aliphatic rings. The van der Waals surface area contributed by atoms with Gasteiger partial charge in [0.05, 0.1) is 17.6 Å². The molecule has 4 unspecified atom stereocenters. The highest BCUT2D eigenvalue weighted by Crippen LogP contribution is 2.46. The SMILES string of the molecule is O=C1Nc2ccccc2CC1N1CC(C2C=Cc3ccccc3N2)c2c(ccc(-c3cccc[n+]3[O-])c2C2CCc3ccccc3N2)C1=O. The number of benzene rings is 4. The van der Waals surface area contributed by atoms with Crippen molar-refractivity contribution in [2.45, 2.75) is 43.3 Å². The van der Waals surface area contributed by atoms with Gasteiger partial charge in [-0.25, -0.2) is 0 Å². The number of anilines is 3. The molecule has 8 heteroatoms. The quantitative estimate of drug-likeness (QED) is 0.149. The maximum absolute atomic E-state index is 14.8. The Labute approximate surface area is 284 Å². The fraction of sp³-hybridized carbons (Fsp3) is 0.195. The molecular formula is C41H35N5O3. The van der Waals surface area contributed by atoms with Gasteiger partial charge in [0, 0.05) is 53.6 Å². The maximum atomic E-state index is 14.8. The molecule has 0 aliphatic carbocycles. The molecule has 0 fully saturated rings. The number of aryl methyl sites for hydroxylation is 1. The number of fused-ring (bicyclic) bond motifs is 4. The summed E-state index contributed by atoms with van der Waals surface area (Å²) in [5.74, 6) is -0.566. The van der Waals surface area contributed by atoms with E-state index in [1.54, 1.807) is 11.0 Å². The number of carbonyl (C=O) groups excluding carboxylic acids is 2. The average molecular weight is 646 g/mol. The van der Waals surface area contributed by atoms with Crippen molar-refractivity contribution in [3.05, 3.63) is 154 Å². The van der Waals surface area contributed by atoms with Gasteiger partial charge in [0.15, 0.2) is 6.20 Å². The van der Waals surface area contributed by atoms with Crippen LogP contribution in [0.15, 0.2) is 115 Å². The topological polar surface area (TPSA) is 100 Å². The van der Waals surface area contributed by atoms with E-state index in [1.165, 1.54) is 11.8 Å². The van der Waals surface area contributed by atoms with Gasteiger partial charge in [0.1, 0.15) is 6.04 Å². The van der Waals surface area contributed by atoms with E-state index in [9.17, 15) is 14.8 Å². The van der Waals surface area contributed by atoms with Crippen LogP contribution in [0.1, 0.15) is 56.6 Å². The lowest BCUT2D eigenvalue weighted by atomic mass is 9.74. The summed E-state index contributed by atoms with van der Waals surface area (Å²) in [5.41, 5.74) is 10.1. The number of aromatic nitrogens is 1. The monoisotopic (exact) mass is 645 g/mol. The van der Waals surface area contributed by atoms with Gasteiger partial charge in [0.25, 0.3) is 5.91 Å². The van der Waals surface area contributed by atoms with Crippen LogP contribution in [0, 0.1) is 5.21 Å². The second-order valence-electron chi connectivity index (χ2n) is 13.3. The Kier molecular flexibility index (Phi) is 6.97. The zero-order valence-corrected chi connectivity index (χ0v) is 26.8. The Morgan fingerprint density at radius 3 is 2.33 bits per heavy atom. The number of nitrogens with one attached hydrogen (secondary N) is 3. The molecule has 5 heterocycles. The molecule has 5 aromatic rings. The van der Waals surface area contributed by atoms with Gasteiger partial charge in [-0.3, -0.25) is 9.59 Å². The minimum absolute atomic E-state index is 0.147. The normalized spacial score (nSPS) is 22.1. The standard InChI is InChI=1S/C41H35N5O3/c47-40-37(23-27-11-3-6-14-33(27)44-40)45-24-30(34-20-16-25-9-1-4-12-31(25)42-34)38-29(41(45)48)19-18-28(36-15-7-8-22-46(36)49)39(38)35-21-17-26-10-2-5-13-32(26)43-35/h1-16,18-20,22,30,34-35,37,42-43H,17,21,23-24H2,(H,44,47). The third-order valence-electron chi connectivity index (χ3n) is 10.6. The van der Waals surface area contributed by atoms with Crippen LogP contribution in [-0.4, -0.2) is 35.3 Å². The summed E-state index contributed by atoms with van der Waals surface area (Å²) in [6.07, 6.45) is 7.95. The molecule has 242 valence electrons. The highest BCUT2D eigenvalue weighted by molar-refractivity contribution is 6.05. The number of para-hydroxylation sites is 3. The highest BCUT2D eigenvalue weighted by atomic mass is 16.5. The predicted molar refractivity (Wildman–Crippen MR) is 191 cm³/mol. The molecule has 4 aliphatic heterocycles. The van der Waals surface area contributed by atoms with Gasteiger partial charge in [0.2, 0.25) is 11.6 Å². The van der Waals surface area contributed by atoms with E-state index in [1.807, 2.05) is 66.7 Å². The second kappa shape index (κ2) is 11.7. The number of hydrogen-bond donors (Lipinski definition) is 3. The summed E-state index contributed by atoms with van der Waals surface area (Å²) in [5, 5.41) is 24.0. The minimum Gasteiger partial charge on any atom is -0.618 e. The average Bonchev–Trinajstić information content (AvgIpc) is 3.14. The van der Waals surface area contributed by atoms with Crippen molar-refractivity contribution in [2.24, 2.45) is 0 Å². The molecule has 1 aromatic heterocycles. The lowest BCUT2D eigenvalue weighted by Crippen LogP contribution is -2.55. The first kappa shape index (κ1) is 29.3. The number of pyridine rings is 1. The molecule has 4 aromatic carbocycles. The zero-order valence-electron chi connectivity index (χ0n) is 26.8. The molecule has 4 atom stereocenters. The maximum Gasteiger partial charge on any atom is 0.254 e. The number of nitrogens with zero attached hydrogens (tertiary/aromatic N) is 2. The second-order valence-corrected chi connectivity index (χ2v) is 13.3.